The van der Waals surface area contributed by atoms with Gasteiger partial charge in [0.05, 0.1) is 18.4 Å². The second-order valence-electron chi connectivity index (χ2n) is 7.13. The van der Waals surface area contributed by atoms with Crippen LogP contribution in [-0.4, -0.2) is 34.8 Å². The third-order valence-electron chi connectivity index (χ3n) is 4.75. The van der Waals surface area contributed by atoms with Gasteiger partial charge in [-0.1, -0.05) is 13.3 Å². The zero-order valence-electron chi connectivity index (χ0n) is 14.0. The Morgan fingerprint density at radius 1 is 1.43 bits per heavy atom. The Kier molecular flexibility index (Phi) is 4.57. The molecule has 1 aliphatic heterocycles. The lowest BCUT2D eigenvalue weighted by Crippen LogP contribution is -2.48. The van der Waals surface area contributed by atoms with Crippen LogP contribution in [0.15, 0.2) is 12.3 Å². The highest BCUT2D eigenvalue weighted by Gasteiger charge is 2.40. The molecule has 1 N–H and O–H groups in total. The second-order valence-corrected chi connectivity index (χ2v) is 7.13. The Balaban J connectivity index is 1.70. The first-order valence-electron chi connectivity index (χ1n) is 8.63. The number of unbranched alkanes of at least 4 members (excludes halogenated alkanes) is 1. The van der Waals surface area contributed by atoms with Crippen molar-refractivity contribution in [3.63, 3.8) is 0 Å². The molecule has 1 amide bonds. The molecule has 3 rings (SSSR count). The van der Waals surface area contributed by atoms with Gasteiger partial charge in [-0.3, -0.25) is 9.69 Å². The van der Waals surface area contributed by atoms with Crippen molar-refractivity contribution < 1.29 is 14.6 Å². The Labute approximate surface area is 137 Å². The Hall–Kier alpha value is -1.62. The van der Waals surface area contributed by atoms with Gasteiger partial charge in [-0.25, -0.2) is 4.98 Å². The van der Waals surface area contributed by atoms with E-state index >= 15 is 0 Å². The van der Waals surface area contributed by atoms with Gasteiger partial charge in [-0.15, -0.1) is 0 Å². The highest BCUT2D eigenvalue weighted by atomic mass is 16.5. The van der Waals surface area contributed by atoms with Gasteiger partial charge < -0.3 is 9.84 Å². The molecule has 5 nitrogen and oxygen atoms in total. The molecule has 5 heteroatoms. The van der Waals surface area contributed by atoms with Crippen molar-refractivity contribution in [2.45, 2.75) is 58.0 Å². The highest BCUT2D eigenvalue weighted by Crippen LogP contribution is 2.39. The van der Waals surface area contributed by atoms with Crippen LogP contribution in [0.5, 0.6) is 5.75 Å². The van der Waals surface area contributed by atoms with Gasteiger partial charge >= 0.3 is 0 Å². The maximum absolute atomic E-state index is 12.3. The van der Waals surface area contributed by atoms with Crippen LogP contribution in [0.3, 0.4) is 0 Å². The van der Waals surface area contributed by atoms with Crippen molar-refractivity contribution in [1.82, 2.24) is 4.98 Å². The fraction of sp³-hybridized carbons (Fsp3) is 0.667. The third-order valence-corrected chi connectivity index (χ3v) is 4.75. The molecule has 0 saturated heterocycles. The highest BCUT2D eigenvalue weighted by molar-refractivity contribution is 5.95. The number of aryl methyl sites for hydroxylation is 1. The summed E-state index contributed by atoms with van der Waals surface area (Å²) in [6.45, 7) is 5.35. The molecular weight excluding hydrogens is 292 g/mol. The van der Waals surface area contributed by atoms with Crippen LogP contribution < -0.4 is 9.64 Å². The average molecular weight is 318 g/mol. The van der Waals surface area contributed by atoms with Crippen LogP contribution in [0, 0.1) is 5.92 Å². The van der Waals surface area contributed by atoms with Gasteiger partial charge in [-0.05, 0) is 50.2 Å². The molecule has 0 bridgehead atoms. The molecule has 2 heterocycles. The SMILES string of the molecule is CCCCOc1cnc2c(c1)CCC(=O)N2CC1CC(C)(O)C1. The average Bonchev–Trinajstić information content (AvgIpc) is 2.48. The number of aromatic nitrogens is 1. The van der Waals surface area contributed by atoms with Crippen molar-refractivity contribution in [2.24, 2.45) is 5.92 Å². The summed E-state index contributed by atoms with van der Waals surface area (Å²) in [5.41, 5.74) is 0.529. The normalized spacial score (nSPS) is 26.7. The third kappa shape index (κ3) is 3.66. The molecular formula is C18H26N2O3. The summed E-state index contributed by atoms with van der Waals surface area (Å²) in [6, 6.07) is 2.02. The lowest BCUT2D eigenvalue weighted by atomic mass is 9.72. The molecule has 1 aromatic rings. The van der Waals surface area contributed by atoms with E-state index in [9.17, 15) is 9.90 Å². The smallest absolute Gasteiger partial charge is 0.228 e. The zero-order valence-corrected chi connectivity index (χ0v) is 14.0. The molecule has 1 aliphatic carbocycles. The number of rotatable bonds is 6. The molecule has 1 saturated carbocycles. The standard InChI is InChI=1S/C18H26N2O3/c1-3-4-7-23-15-8-14-5-6-16(21)20(17(14)19-11-15)12-13-9-18(2,22)10-13/h8,11,13,22H,3-7,9-10,12H2,1-2H3. The number of ether oxygens (including phenoxy) is 1. The predicted octanol–water partition coefficient (Wildman–Crippen LogP) is 2.70. The van der Waals surface area contributed by atoms with Gasteiger partial charge in [0.2, 0.25) is 5.91 Å². The van der Waals surface area contributed by atoms with E-state index in [2.05, 4.69) is 11.9 Å². The maximum atomic E-state index is 12.3. The minimum Gasteiger partial charge on any atom is -0.492 e. The van der Waals surface area contributed by atoms with Crippen LogP contribution in [0.2, 0.25) is 0 Å². The predicted molar refractivity (Wildman–Crippen MR) is 88.7 cm³/mol. The first-order chi connectivity index (χ1) is 11.0. The number of carbonyl (C=O) groups excluding carboxylic acids is 1. The zero-order chi connectivity index (χ0) is 16.4. The van der Waals surface area contributed by atoms with E-state index in [1.165, 1.54) is 0 Å². The summed E-state index contributed by atoms with van der Waals surface area (Å²) in [6.07, 6.45) is 6.61. The van der Waals surface area contributed by atoms with E-state index in [0.717, 1.165) is 49.2 Å². The first kappa shape index (κ1) is 16.2. The fourth-order valence-corrected chi connectivity index (χ4v) is 3.58. The van der Waals surface area contributed by atoms with E-state index in [1.54, 1.807) is 11.1 Å². The minimum absolute atomic E-state index is 0.135. The number of hydrogen-bond acceptors (Lipinski definition) is 4. The van der Waals surface area contributed by atoms with Gasteiger partial charge in [0, 0.05) is 13.0 Å². The Bertz CT molecular complexity index is 578. The van der Waals surface area contributed by atoms with E-state index in [1.807, 2.05) is 13.0 Å². The lowest BCUT2D eigenvalue weighted by molar-refractivity contribution is -0.120. The molecule has 2 aliphatic rings. The summed E-state index contributed by atoms with van der Waals surface area (Å²) in [7, 11) is 0. The van der Waals surface area contributed by atoms with Crippen molar-refractivity contribution in [3.8, 4) is 5.75 Å². The van der Waals surface area contributed by atoms with Crippen molar-refractivity contribution >= 4 is 11.7 Å². The topological polar surface area (TPSA) is 62.7 Å². The molecule has 23 heavy (non-hydrogen) atoms. The largest absolute Gasteiger partial charge is 0.492 e. The van der Waals surface area contributed by atoms with Crippen LogP contribution in [-0.2, 0) is 11.2 Å². The summed E-state index contributed by atoms with van der Waals surface area (Å²) < 4.78 is 5.72. The summed E-state index contributed by atoms with van der Waals surface area (Å²) in [4.78, 5) is 18.6. The van der Waals surface area contributed by atoms with Gasteiger partial charge in [0.15, 0.2) is 0 Å². The first-order valence-corrected chi connectivity index (χ1v) is 8.63. The maximum Gasteiger partial charge on any atom is 0.228 e. The Morgan fingerprint density at radius 2 is 2.22 bits per heavy atom. The van der Waals surface area contributed by atoms with Crippen LogP contribution in [0.4, 0.5) is 5.82 Å². The van der Waals surface area contributed by atoms with Gasteiger partial charge in [-0.2, -0.15) is 0 Å². The molecule has 1 aromatic heterocycles. The van der Waals surface area contributed by atoms with Gasteiger partial charge in [0.1, 0.15) is 11.6 Å². The van der Waals surface area contributed by atoms with E-state index in [0.29, 0.717) is 25.5 Å². The van der Waals surface area contributed by atoms with E-state index in [-0.39, 0.29) is 5.91 Å². The van der Waals surface area contributed by atoms with Crippen molar-refractivity contribution in [1.29, 1.82) is 0 Å². The number of carbonyl (C=O) groups is 1. The number of nitrogens with zero attached hydrogens (tertiary/aromatic N) is 2. The van der Waals surface area contributed by atoms with E-state index in [4.69, 9.17) is 4.74 Å². The molecule has 126 valence electrons. The fourth-order valence-electron chi connectivity index (χ4n) is 3.58. The molecule has 0 aromatic carbocycles. The summed E-state index contributed by atoms with van der Waals surface area (Å²) in [5.74, 6) is 2.06. The number of pyridine rings is 1. The van der Waals surface area contributed by atoms with Crippen molar-refractivity contribution in [3.05, 3.63) is 17.8 Å². The lowest BCUT2D eigenvalue weighted by Gasteiger charge is -2.43. The van der Waals surface area contributed by atoms with Crippen LogP contribution in [0.25, 0.3) is 0 Å². The van der Waals surface area contributed by atoms with Crippen molar-refractivity contribution in [2.75, 3.05) is 18.1 Å². The Morgan fingerprint density at radius 3 is 2.91 bits per heavy atom. The quantitative estimate of drug-likeness (QED) is 0.819. The molecule has 0 radical (unpaired) electrons. The number of hydrogen-bond donors (Lipinski definition) is 1. The molecule has 1 fully saturated rings. The van der Waals surface area contributed by atoms with Crippen LogP contribution in [0.1, 0.15) is 51.5 Å². The van der Waals surface area contributed by atoms with E-state index < -0.39 is 5.60 Å². The number of anilines is 1. The molecule has 0 spiro atoms. The minimum atomic E-state index is -0.559. The number of amides is 1. The monoisotopic (exact) mass is 318 g/mol. The molecule has 0 atom stereocenters. The molecule has 0 unspecified atom stereocenters. The summed E-state index contributed by atoms with van der Waals surface area (Å²) >= 11 is 0. The van der Waals surface area contributed by atoms with Crippen LogP contribution >= 0.6 is 0 Å². The second kappa shape index (κ2) is 6.48. The van der Waals surface area contributed by atoms with Gasteiger partial charge in [0.25, 0.3) is 0 Å². The number of fused-ring (bicyclic) bond motifs is 1. The summed E-state index contributed by atoms with van der Waals surface area (Å²) in [5, 5.41) is 9.88. The number of aliphatic hydroxyl groups is 1.